The minimum absolute atomic E-state index is 0.0275. The molecule has 2 rings (SSSR count). The summed E-state index contributed by atoms with van der Waals surface area (Å²) in [6.45, 7) is 3.98. The van der Waals surface area contributed by atoms with Gasteiger partial charge in [0.15, 0.2) is 0 Å². The van der Waals surface area contributed by atoms with E-state index in [0.29, 0.717) is 6.54 Å². The lowest BCUT2D eigenvalue weighted by molar-refractivity contribution is -0.128. The van der Waals surface area contributed by atoms with Crippen molar-refractivity contribution in [3.8, 4) is 0 Å². The Balaban J connectivity index is 2.20. The summed E-state index contributed by atoms with van der Waals surface area (Å²) in [5.74, 6) is 0.0596. The standard InChI is InChI=1S/C13H16N2O2S/c1-8-13(17)14-11-6-10(4-5-12(11)18-8)7-15(3)9(2)16/h4-6,8H,7H2,1-3H3,(H,14,17). The van der Waals surface area contributed by atoms with E-state index in [4.69, 9.17) is 0 Å². The molecule has 0 bridgehead atoms. The van der Waals surface area contributed by atoms with E-state index in [1.807, 2.05) is 25.1 Å². The highest BCUT2D eigenvalue weighted by atomic mass is 32.2. The maximum absolute atomic E-state index is 11.6. The molecule has 1 aliphatic heterocycles. The predicted octanol–water partition coefficient (Wildman–Crippen LogP) is 2.10. The van der Waals surface area contributed by atoms with Crippen LogP contribution in [-0.2, 0) is 16.1 Å². The zero-order valence-corrected chi connectivity index (χ0v) is 11.5. The maximum atomic E-state index is 11.6. The highest BCUT2D eigenvalue weighted by Gasteiger charge is 2.23. The summed E-state index contributed by atoms with van der Waals surface area (Å²) in [7, 11) is 1.76. The molecule has 4 nitrogen and oxygen atoms in total. The molecule has 2 amide bonds. The van der Waals surface area contributed by atoms with E-state index >= 15 is 0 Å². The van der Waals surface area contributed by atoms with Crippen LogP contribution in [0.5, 0.6) is 0 Å². The first kappa shape index (κ1) is 13.0. The van der Waals surface area contributed by atoms with Crippen LogP contribution >= 0.6 is 11.8 Å². The topological polar surface area (TPSA) is 49.4 Å². The number of nitrogens with one attached hydrogen (secondary N) is 1. The van der Waals surface area contributed by atoms with Crippen LogP contribution in [0, 0.1) is 0 Å². The second-order valence-corrected chi connectivity index (χ2v) is 5.84. The number of carbonyl (C=O) groups is 2. The fourth-order valence-electron chi connectivity index (χ4n) is 1.74. The van der Waals surface area contributed by atoms with Crippen LogP contribution in [0.3, 0.4) is 0 Å². The molecule has 1 aliphatic rings. The Labute approximate surface area is 111 Å². The third-order valence-corrected chi connectivity index (χ3v) is 4.11. The first-order valence-corrected chi connectivity index (χ1v) is 6.67. The Morgan fingerprint density at radius 1 is 1.50 bits per heavy atom. The SMILES string of the molecule is CC(=O)N(C)Cc1ccc2c(c1)NC(=O)C(C)S2. The van der Waals surface area contributed by atoms with E-state index < -0.39 is 0 Å². The van der Waals surface area contributed by atoms with Crippen LogP contribution in [0.2, 0.25) is 0 Å². The number of fused-ring (bicyclic) bond motifs is 1. The lowest BCUT2D eigenvalue weighted by Gasteiger charge is -2.23. The fourth-order valence-corrected chi connectivity index (χ4v) is 2.67. The Bertz CT molecular complexity index is 502. The summed E-state index contributed by atoms with van der Waals surface area (Å²) in [6, 6.07) is 5.93. The molecule has 1 heterocycles. The monoisotopic (exact) mass is 264 g/mol. The van der Waals surface area contributed by atoms with Crippen LogP contribution in [0.15, 0.2) is 23.1 Å². The average molecular weight is 264 g/mol. The molecule has 1 N–H and O–H groups in total. The second kappa shape index (κ2) is 5.02. The summed E-state index contributed by atoms with van der Waals surface area (Å²) in [5, 5.41) is 2.84. The molecular weight excluding hydrogens is 248 g/mol. The predicted molar refractivity (Wildman–Crippen MR) is 72.5 cm³/mol. The molecule has 0 aliphatic carbocycles. The molecule has 0 saturated heterocycles. The largest absolute Gasteiger partial charge is 0.342 e. The van der Waals surface area contributed by atoms with Gasteiger partial charge < -0.3 is 10.2 Å². The van der Waals surface area contributed by atoms with Gasteiger partial charge in [0.05, 0.1) is 10.9 Å². The van der Waals surface area contributed by atoms with Crippen molar-refractivity contribution in [2.45, 2.75) is 30.5 Å². The van der Waals surface area contributed by atoms with Gasteiger partial charge in [-0.15, -0.1) is 11.8 Å². The first-order chi connectivity index (χ1) is 8.47. The van der Waals surface area contributed by atoms with E-state index in [1.165, 1.54) is 6.92 Å². The molecule has 0 spiro atoms. The lowest BCUT2D eigenvalue weighted by atomic mass is 10.2. The molecule has 5 heteroatoms. The highest BCUT2D eigenvalue weighted by Crippen LogP contribution is 2.36. The van der Waals surface area contributed by atoms with Crippen LogP contribution < -0.4 is 5.32 Å². The van der Waals surface area contributed by atoms with Gasteiger partial charge in [-0.2, -0.15) is 0 Å². The van der Waals surface area contributed by atoms with Gasteiger partial charge >= 0.3 is 0 Å². The molecular formula is C13H16N2O2S. The minimum Gasteiger partial charge on any atom is -0.342 e. The van der Waals surface area contributed by atoms with E-state index in [-0.39, 0.29) is 17.1 Å². The summed E-state index contributed by atoms with van der Waals surface area (Å²) in [5.41, 5.74) is 1.86. The van der Waals surface area contributed by atoms with Crippen LogP contribution in [0.25, 0.3) is 0 Å². The Kier molecular flexibility index (Phi) is 3.61. The molecule has 1 unspecified atom stereocenters. The molecule has 0 radical (unpaired) electrons. The number of thioether (sulfide) groups is 1. The first-order valence-electron chi connectivity index (χ1n) is 5.79. The molecule has 96 valence electrons. The number of benzene rings is 1. The summed E-state index contributed by atoms with van der Waals surface area (Å²) >= 11 is 1.56. The van der Waals surface area contributed by atoms with Crippen molar-refractivity contribution in [1.29, 1.82) is 0 Å². The summed E-state index contributed by atoms with van der Waals surface area (Å²) in [6.07, 6.45) is 0. The van der Waals surface area contributed by atoms with Crippen LogP contribution in [-0.4, -0.2) is 29.0 Å². The molecule has 1 atom stereocenters. The van der Waals surface area contributed by atoms with Crippen molar-refractivity contribution in [1.82, 2.24) is 4.90 Å². The van der Waals surface area contributed by atoms with E-state index in [9.17, 15) is 9.59 Å². The summed E-state index contributed by atoms with van der Waals surface area (Å²) in [4.78, 5) is 25.5. The van der Waals surface area contributed by atoms with E-state index in [1.54, 1.807) is 23.7 Å². The van der Waals surface area contributed by atoms with Gasteiger partial charge in [-0.25, -0.2) is 0 Å². The van der Waals surface area contributed by atoms with Gasteiger partial charge in [0, 0.05) is 25.4 Å². The number of hydrogen-bond acceptors (Lipinski definition) is 3. The minimum atomic E-state index is -0.0526. The second-order valence-electron chi connectivity index (χ2n) is 4.45. The van der Waals surface area contributed by atoms with Gasteiger partial charge in [-0.1, -0.05) is 6.07 Å². The summed E-state index contributed by atoms with van der Waals surface area (Å²) < 4.78 is 0. The zero-order chi connectivity index (χ0) is 13.3. The van der Waals surface area contributed by atoms with Gasteiger partial charge in [0.1, 0.15) is 0 Å². The Morgan fingerprint density at radius 2 is 2.22 bits per heavy atom. The van der Waals surface area contributed by atoms with Crippen molar-refractivity contribution < 1.29 is 9.59 Å². The van der Waals surface area contributed by atoms with Crippen molar-refractivity contribution in [2.24, 2.45) is 0 Å². The average Bonchev–Trinajstić information content (AvgIpc) is 2.31. The number of rotatable bonds is 2. The molecule has 0 fully saturated rings. The third-order valence-electron chi connectivity index (χ3n) is 2.93. The quantitative estimate of drug-likeness (QED) is 0.890. The molecule has 0 saturated carbocycles. The number of amides is 2. The lowest BCUT2D eigenvalue weighted by Crippen LogP contribution is -2.27. The normalized spacial score (nSPS) is 17.9. The highest BCUT2D eigenvalue weighted by molar-refractivity contribution is 8.00. The third kappa shape index (κ3) is 2.67. The number of carbonyl (C=O) groups excluding carboxylic acids is 2. The number of hydrogen-bond donors (Lipinski definition) is 1. The molecule has 0 aromatic heterocycles. The number of anilines is 1. The van der Waals surface area contributed by atoms with E-state index in [2.05, 4.69) is 5.32 Å². The number of nitrogens with zero attached hydrogens (tertiary/aromatic N) is 1. The Hall–Kier alpha value is -1.49. The molecule has 18 heavy (non-hydrogen) atoms. The fraction of sp³-hybridized carbons (Fsp3) is 0.385. The zero-order valence-electron chi connectivity index (χ0n) is 10.7. The van der Waals surface area contributed by atoms with Crippen LogP contribution in [0.4, 0.5) is 5.69 Å². The Morgan fingerprint density at radius 3 is 2.89 bits per heavy atom. The maximum Gasteiger partial charge on any atom is 0.237 e. The van der Waals surface area contributed by atoms with E-state index in [0.717, 1.165) is 16.1 Å². The molecule has 1 aromatic carbocycles. The van der Waals surface area contributed by atoms with Gasteiger partial charge in [-0.05, 0) is 24.6 Å². The van der Waals surface area contributed by atoms with Gasteiger partial charge in [0.25, 0.3) is 0 Å². The van der Waals surface area contributed by atoms with Crippen molar-refractivity contribution in [3.05, 3.63) is 23.8 Å². The molecule has 1 aromatic rings. The van der Waals surface area contributed by atoms with Crippen LogP contribution in [0.1, 0.15) is 19.4 Å². The van der Waals surface area contributed by atoms with Gasteiger partial charge in [0.2, 0.25) is 11.8 Å². The van der Waals surface area contributed by atoms with Crippen molar-refractivity contribution in [2.75, 3.05) is 12.4 Å². The van der Waals surface area contributed by atoms with Gasteiger partial charge in [-0.3, -0.25) is 9.59 Å². The van der Waals surface area contributed by atoms with Crippen molar-refractivity contribution >= 4 is 29.3 Å². The smallest absolute Gasteiger partial charge is 0.237 e. The van der Waals surface area contributed by atoms with Crippen molar-refractivity contribution in [3.63, 3.8) is 0 Å².